The normalized spacial score (nSPS) is 10.0. The number of hydrogen-bond donors (Lipinski definition) is 0. The molecule has 0 spiro atoms. The lowest BCUT2D eigenvalue weighted by atomic mass is 10.2. The van der Waals surface area contributed by atoms with Crippen molar-refractivity contribution in [2.45, 2.75) is 0 Å². The van der Waals surface area contributed by atoms with Crippen molar-refractivity contribution in [3.05, 3.63) is 62.7 Å². The van der Waals surface area contributed by atoms with E-state index in [1.54, 1.807) is 6.07 Å². The monoisotopic (exact) mass is 310 g/mol. The van der Waals surface area contributed by atoms with E-state index in [1.807, 2.05) is 0 Å². The molecule has 0 atom stereocenters. The van der Waals surface area contributed by atoms with Crippen LogP contribution in [-0.2, 0) is 0 Å². The Morgan fingerprint density at radius 1 is 1.24 bits per heavy atom. The van der Waals surface area contributed by atoms with Crippen LogP contribution in [0.2, 0.25) is 5.02 Å². The molecule has 0 bridgehead atoms. The van der Waals surface area contributed by atoms with Gasteiger partial charge >= 0.3 is 5.69 Å². The van der Waals surface area contributed by atoms with Gasteiger partial charge in [0.05, 0.1) is 16.0 Å². The topological polar surface area (TPSA) is 76.2 Å². The standard InChI is InChI=1S/C13H5ClF2N2O3/c14-8-2-1-3-12(7(8)6-17)21-13-5-9(15)11(18(19)20)4-10(13)16/h1-5H. The number of hydrogen-bond acceptors (Lipinski definition) is 4. The Bertz CT molecular complexity index is 775. The molecule has 0 heterocycles. The van der Waals surface area contributed by atoms with Gasteiger partial charge < -0.3 is 4.74 Å². The van der Waals surface area contributed by atoms with E-state index in [2.05, 4.69) is 0 Å². The van der Waals surface area contributed by atoms with Crippen LogP contribution in [0.1, 0.15) is 5.56 Å². The fourth-order valence-corrected chi connectivity index (χ4v) is 1.76. The smallest absolute Gasteiger partial charge is 0.307 e. The van der Waals surface area contributed by atoms with E-state index in [9.17, 15) is 18.9 Å². The number of nitro benzene ring substituents is 1. The highest BCUT2D eigenvalue weighted by Crippen LogP contribution is 2.33. The van der Waals surface area contributed by atoms with Crippen LogP contribution in [0.3, 0.4) is 0 Å². The molecule has 0 radical (unpaired) electrons. The predicted molar refractivity (Wildman–Crippen MR) is 69.3 cm³/mol. The summed E-state index contributed by atoms with van der Waals surface area (Å²) in [5.74, 6) is -3.06. The Morgan fingerprint density at radius 3 is 2.57 bits per heavy atom. The van der Waals surface area contributed by atoms with Crippen molar-refractivity contribution in [1.82, 2.24) is 0 Å². The summed E-state index contributed by atoms with van der Waals surface area (Å²) in [6, 6.07) is 6.93. The maximum Gasteiger partial charge on any atom is 0.307 e. The maximum atomic E-state index is 13.7. The third-order valence-corrected chi connectivity index (χ3v) is 2.82. The van der Waals surface area contributed by atoms with Crippen LogP contribution >= 0.6 is 11.6 Å². The third kappa shape index (κ3) is 2.90. The molecule has 2 rings (SSSR count). The number of rotatable bonds is 3. The number of nitriles is 1. The average molecular weight is 311 g/mol. The Morgan fingerprint density at radius 2 is 1.95 bits per heavy atom. The van der Waals surface area contributed by atoms with Gasteiger partial charge in [0.15, 0.2) is 11.6 Å². The minimum absolute atomic E-state index is 0.0580. The molecule has 0 amide bonds. The summed E-state index contributed by atoms with van der Waals surface area (Å²) < 4.78 is 32.2. The van der Waals surface area contributed by atoms with E-state index >= 15 is 0 Å². The van der Waals surface area contributed by atoms with E-state index < -0.39 is 28.0 Å². The summed E-state index contributed by atoms with van der Waals surface area (Å²) in [6.45, 7) is 0. The highest BCUT2D eigenvalue weighted by Gasteiger charge is 2.20. The van der Waals surface area contributed by atoms with E-state index in [4.69, 9.17) is 21.6 Å². The Kier molecular flexibility index (Phi) is 4.00. The molecule has 2 aromatic carbocycles. The minimum atomic E-state index is -1.25. The predicted octanol–water partition coefficient (Wildman–Crippen LogP) is 4.19. The van der Waals surface area contributed by atoms with Gasteiger partial charge in [0.1, 0.15) is 17.4 Å². The molecule has 2 aromatic rings. The highest BCUT2D eigenvalue weighted by atomic mass is 35.5. The molecule has 0 aliphatic heterocycles. The van der Waals surface area contributed by atoms with E-state index in [0.29, 0.717) is 12.1 Å². The van der Waals surface area contributed by atoms with Gasteiger partial charge in [-0.1, -0.05) is 17.7 Å². The van der Waals surface area contributed by atoms with Gasteiger partial charge in [0.25, 0.3) is 0 Å². The summed E-state index contributed by atoms with van der Waals surface area (Å²) in [5, 5.41) is 19.5. The van der Waals surface area contributed by atoms with Crippen LogP contribution in [0, 0.1) is 33.1 Å². The first kappa shape index (κ1) is 14.7. The lowest BCUT2D eigenvalue weighted by Gasteiger charge is -2.09. The summed E-state index contributed by atoms with van der Waals surface area (Å²) in [4.78, 5) is 9.43. The number of nitro groups is 1. The Balaban J connectivity index is 2.47. The summed E-state index contributed by atoms with van der Waals surface area (Å²) >= 11 is 5.77. The summed E-state index contributed by atoms with van der Waals surface area (Å²) in [5.41, 5.74) is -1.07. The van der Waals surface area contributed by atoms with E-state index in [1.165, 1.54) is 18.2 Å². The van der Waals surface area contributed by atoms with Crippen molar-refractivity contribution in [3.63, 3.8) is 0 Å². The summed E-state index contributed by atoms with van der Waals surface area (Å²) in [7, 11) is 0. The number of ether oxygens (including phenoxy) is 1. The van der Waals surface area contributed by atoms with Crippen LogP contribution in [0.5, 0.6) is 11.5 Å². The van der Waals surface area contributed by atoms with Gasteiger partial charge in [-0.05, 0) is 12.1 Å². The van der Waals surface area contributed by atoms with Crippen LogP contribution < -0.4 is 4.74 Å². The first-order chi connectivity index (χ1) is 9.93. The van der Waals surface area contributed by atoms with Gasteiger partial charge in [-0.2, -0.15) is 9.65 Å². The first-order valence-electron chi connectivity index (χ1n) is 5.44. The highest BCUT2D eigenvalue weighted by molar-refractivity contribution is 6.31. The SMILES string of the molecule is N#Cc1c(Cl)cccc1Oc1cc(F)c([N+](=O)[O-])cc1F. The van der Waals surface area contributed by atoms with Crippen molar-refractivity contribution in [1.29, 1.82) is 5.26 Å². The molecule has 0 aliphatic carbocycles. The second kappa shape index (κ2) is 5.73. The molecule has 5 nitrogen and oxygen atoms in total. The lowest BCUT2D eigenvalue weighted by molar-refractivity contribution is -0.387. The zero-order valence-electron chi connectivity index (χ0n) is 10.1. The largest absolute Gasteiger partial charge is 0.453 e. The van der Waals surface area contributed by atoms with Gasteiger partial charge in [0.2, 0.25) is 5.82 Å². The third-order valence-electron chi connectivity index (χ3n) is 2.51. The molecule has 0 N–H and O–H groups in total. The van der Waals surface area contributed by atoms with Gasteiger partial charge in [-0.15, -0.1) is 0 Å². The van der Waals surface area contributed by atoms with Crippen molar-refractivity contribution in [2.75, 3.05) is 0 Å². The molecular formula is C13H5ClF2N2O3. The minimum Gasteiger partial charge on any atom is -0.453 e. The lowest BCUT2D eigenvalue weighted by Crippen LogP contribution is -1.97. The first-order valence-corrected chi connectivity index (χ1v) is 5.81. The molecule has 0 saturated carbocycles. The molecule has 0 fully saturated rings. The van der Waals surface area contributed by atoms with Gasteiger partial charge in [-0.3, -0.25) is 10.1 Å². The van der Waals surface area contributed by atoms with Crippen molar-refractivity contribution in [2.24, 2.45) is 0 Å². The molecule has 0 unspecified atom stereocenters. The number of halogens is 3. The Labute approximate surface area is 122 Å². The second-order valence-electron chi connectivity index (χ2n) is 3.82. The van der Waals surface area contributed by atoms with E-state index in [-0.39, 0.29) is 16.3 Å². The second-order valence-corrected chi connectivity index (χ2v) is 4.23. The van der Waals surface area contributed by atoms with Crippen molar-refractivity contribution in [3.8, 4) is 17.6 Å². The van der Waals surface area contributed by atoms with Crippen LogP contribution in [-0.4, -0.2) is 4.92 Å². The molecule has 0 saturated heterocycles. The zero-order chi connectivity index (χ0) is 15.6. The molecular weight excluding hydrogens is 306 g/mol. The number of benzene rings is 2. The zero-order valence-corrected chi connectivity index (χ0v) is 10.9. The van der Waals surface area contributed by atoms with Crippen molar-refractivity contribution >= 4 is 17.3 Å². The summed E-state index contributed by atoms with van der Waals surface area (Å²) in [6.07, 6.45) is 0. The maximum absolute atomic E-state index is 13.7. The molecule has 0 aromatic heterocycles. The fraction of sp³-hybridized carbons (Fsp3) is 0. The average Bonchev–Trinajstić information content (AvgIpc) is 2.42. The molecule has 8 heteroatoms. The number of nitrogens with zero attached hydrogens (tertiary/aromatic N) is 2. The Hall–Kier alpha value is -2.72. The fourth-order valence-electron chi connectivity index (χ4n) is 1.55. The van der Waals surface area contributed by atoms with E-state index in [0.717, 1.165) is 0 Å². The molecule has 106 valence electrons. The molecule has 0 aliphatic rings. The molecule has 21 heavy (non-hydrogen) atoms. The van der Waals surface area contributed by atoms with Gasteiger partial charge in [-0.25, -0.2) is 4.39 Å². The van der Waals surface area contributed by atoms with Crippen LogP contribution in [0.25, 0.3) is 0 Å². The quantitative estimate of drug-likeness (QED) is 0.629. The van der Waals surface area contributed by atoms with Gasteiger partial charge in [0, 0.05) is 6.07 Å². The van der Waals surface area contributed by atoms with Crippen LogP contribution in [0.4, 0.5) is 14.5 Å². The van der Waals surface area contributed by atoms with Crippen LogP contribution in [0.15, 0.2) is 30.3 Å². The van der Waals surface area contributed by atoms with Crippen molar-refractivity contribution < 1.29 is 18.4 Å².